The Labute approximate surface area is 247 Å². The summed E-state index contributed by atoms with van der Waals surface area (Å²) in [4.78, 5) is 82.9. The predicted octanol–water partition coefficient (Wildman–Crippen LogP) is 1.81. The van der Waals surface area contributed by atoms with Crippen LogP contribution in [-0.4, -0.2) is 59.0 Å². The van der Waals surface area contributed by atoms with Gasteiger partial charge < -0.3 is 9.97 Å². The number of hydrogen-bond donors (Lipinski definition) is 4. The van der Waals surface area contributed by atoms with Gasteiger partial charge in [-0.15, -0.1) is 0 Å². The van der Waals surface area contributed by atoms with E-state index in [1.807, 2.05) is 0 Å². The van der Waals surface area contributed by atoms with E-state index in [-0.39, 0.29) is 21.8 Å². The van der Waals surface area contributed by atoms with Crippen molar-refractivity contribution in [1.82, 2.24) is 59.0 Å². The standard InChI is InChI=1S/C12H11BrN6O2.C12H11ClN6O2/c2*1-3-19-10-8(11(20)18-12(19)21)16-9(17-10)7-5(2)15-6(13)4-14-7/h2*4H,3H2,1-2H3,(H,16,17)(H,18,20,21). The van der Waals surface area contributed by atoms with Gasteiger partial charge in [0, 0.05) is 13.1 Å². The SMILES string of the molecule is CCn1c(=O)[nH]c(=O)c2[nH]c(-c3ncc(Br)nc3C)nc21.CCn1c(=O)[nH]c(=O)c2[nH]c(-c3ncc(Cl)nc3C)nc21. The first-order valence-electron chi connectivity index (χ1n) is 12.5. The Bertz CT molecular complexity index is 2070. The molecule has 0 radical (unpaired) electrons. The van der Waals surface area contributed by atoms with Gasteiger partial charge in [-0.25, -0.2) is 39.5 Å². The lowest BCUT2D eigenvalue weighted by Gasteiger charge is -2.00. The van der Waals surface area contributed by atoms with E-state index in [9.17, 15) is 19.2 Å². The molecule has 0 saturated heterocycles. The molecule has 16 nitrogen and oxygen atoms in total. The normalized spacial score (nSPS) is 11.2. The van der Waals surface area contributed by atoms with Gasteiger partial charge in [0.05, 0.1) is 23.8 Å². The summed E-state index contributed by atoms with van der Waals surface area (Å²) in [5.74, 6) is 0.769. The molecule has 18 heteroatoms. The quantitative estimate of drug-likeness (QED) is 0.215. The highest BCUT2D eigenvalue weighted by Gasteiger charge is 2.17. The highest BCUT2D eigenvalue weighted by atomic mass is 79.9. The van der Waals surface area contributed by atoms with E-state index >= 15 is 0 Å². The Balaban J connectivity index is 0.000000168. The Hall–Kier alpha value is -4.77. The summed E-state index contributed by atoms with van der Waals surface area (Å²) in [6.45, 7) is 7.91. The molecule has 0 atom stereocenters. The summed E-state index contributed by atoms with van der Waals surface area (Å²) < 4.78 is 3.37. The van der Waals surface area contributed by atoms with Crippen LogP contribution >= 0.6 is 27.5 Å². The molecule has 0 amide bonds. The number of nitrogens with zero attached hydrogens (tertiary/aromatic N) is 8. The van der Waals surface area contributed by atoms with Crippen LogP contribution < -0.4 is 22.5 Å². The third-order valence-electron chi connectivity index (χ3n) is 6.18. The van der Waals surface area contributed by atoms with Gasteiger partial charge in [-0.05, 0) is 43.6 Å². The number of aromatic amines is 4. The molecule has 0 unspecified atom stereocenters. The molecule has 6 rings (SSSR count). The van der Waals surface area contributed by atoms with Crippen LogP contribution in [0.5, 0.6) is 0 Å². The maximum atomic E-state index is 11.9. The molecule has 0 aliphatic rings. The van der Waals surface area contributed by atoms with Gasteiger partial charge in [-0.2, -0.15) is 0 Å². The van der Waals surface area contributed by atoms with Crippen molar-refractivity contribution in [2.24, 2.45) is 0 Å². The molecule has 0 spiro atoms. The Kier molecular flexibility index (Phi) is 7.70. The fourth-order valence-electron chi connectivity index (χ4n) is 4.26. The number of fused-ring (bicyclic) bond motifs is 2. The highest BCUT2D eigenvalue weighted by molar-refractivity contribution is 9.10. The minimum Gasteiger partial charge on any atom is -0.331 e. The summed E-state index contributed by atoms with van der Waals surface area (Å²) in [7, 11) is 0. The number of hydrogen-bond acceptors (Lipinski definition) is 10. The average Bonchev–Trinajstić information content (AvgIpc) is 3.56. The van der Waals surface area contributed by atoms with Crippen molar-refractivity contribution in [3.63, 3.8) is 0 Å². The summed E-state index contributed by atoms with van der Waals surface area (Å²) in [5, 5.41) is 0.274. The molecule has 0 aromatic carbocycles. The number of halogens is 2. The second-order valence-electron chi connectivity index (χ2n) is 8.83. The van der Waals surface area contributed by atoms with Crippen molar-refractivity contribution in [2.75, 3.05) is 0 Å². The van der Waals surface area contributed by atoms with Gasteiger partial charge in [0.15, 0.2) is 22.9 Å². The van der Waals surface area contributed by atoms with E-state index in [0.717, 1.165) is 0 Å². The van der Waals surface area contributed by atoms with Crippen molar-refractivity contribution in [3.8, 4) is 23.0 Å². The Morgan fingerprint density at radius 3 is 1.60 bits per heavy atom. The van der Waals surface area contributed by atoms with Crippen molar-refractivity contribution in [1.29, 1.82) is 0 Å². The molecule has 0 saturated carbocycles. The number of nitrogens with one attached hydrogen (secondary N) is 4. The molecule has 6 aromatic rings. The maximum Gasteiger partial charge on any atom is 0.330 e. The van der Waals surface area contributed by atoms with Crippen LogP contribution in [0.25, 0.3) is 45.4 Å². The molecule has 0 fully saturated rings. The fourth-order valence-corrected chi connectivity index (χ4v) is 4.81. The maximum absolute atomic E-state index is 11.9. The van der Waals surface area contributed by atoms with Gasteiger partial charge in [0.2, 0.25) is 0 Å². The smallest absolute Gasteiger partial charge is 0.330 e. The lowest BCUT2D eigenvalue weighted by Crippen LogP contribution is -2.29. The third kappa shape index (κ3) is 5.18. The zero-order valence-electron chi connectivity index (χ0n) is 22.5. The van der Waals surface area contributed by atoms with Crippen molar-refractivity contribution >= 4 is 49.9 Å². The summed E-state index contributed by atoms with van der Waals surface area (Å²) in [6, 6.07) is 0. The molecule has 6 heterocycles. The Morgan fingerprint density at radius 2 is 1.17 bits per heavy atom. The van der Waals surface area contributed by atoms with E-state index in [2.05, 4.69) is 65.8 Å². The molecule has 6 aromatic heterocycles. The van der Waals surface area contributed by atoms with E-state index in [1.165, 1.54) is 15.3 Å². The predicted molar refractivity (Wildman–Crippen MR) is 158 cm³/mol. The number of aromatic nitrogens is 12. The van der Waals surface area contributed by atoms with Crippen LogP contribution in [0.1, 0.15) is 25.2 Å². The molecular weight excluding hydrogens is 636 g/mol. The van der Waals surface area contributed by atoms with Crippen LogP contribution in [0.3, 0.4) is 0 Å². The average molecular weight is 658 g/mol. The third-order valence-corrected chi connectivity index (χ3v) is 6.75. The largest absolute Gasteiger partial charge is 0.331 e. The molecule has 4 N–H and O–H groups in total. The van der Waals surface area contributed by atoms with Crippen LogP contribution in [0.4, 0.5) is 0 Å². The molecule has 42 heavy (non-hydrogen) atoms. The second kappa shape index (κ2) is 11.2. The highest BCUT2D eigenvalue weighted by Crippen LogP contribution is 2.21. The van der Waals surface area contributed by atoms with Gasteiger partial charge in [0.25, 0.3) is 11.1 Å². The van der Waals surface area contributed by atoms with Gasteiger partial charge in [-0.1, -0.05) is 11.6 Å². The van der Waals surface area contributed by atoms with Gasteiger partial charge >= 0.3 is 11.4 Å². The minimum absolute atomic E-state index is 0.225. The fraction of sp³-hybridized carbons (Fsp3) is 0.250. The first-order chi connectivity index (χ1) is 20.0. The summed E-state index contributed by atoms with van der Waals surface area (Å²) in [6.07, 6.45) is 2.95. The van der Waals surface area contributed by atoms with Crippen molar-refractivity contribution in [3.05, 3.63) is 75.2 Å². The van der Waals surface area contributed by atoms with E-state index < -0.39 is 22.5 Å². The van der Waals surface area contributed by atoms with Crippen LogP contribution in [-0.2, 0) is 13.1 Å². The summed E-state index contributed by atoms with van der Waals surface area (Å²) >= 11 is 9.01. The molecular formula is C24H22BrClN12O4. The first kappa shape index (κ1) is 28.7. The number of H-pyrrole nitrogens is 4. The monoisotopic (exact) mass is 656 g/mol. The Morgan fingerprint density at radius 1 is 0.714 bits per heavy atom. The van der Waals surface area contributed by atoms with Crippen molar-refractivity contribution in [2.45, 2.75) is 40.8 Å². The van der Waals surface area contributed by atoms with Gasteiger partial charge in [-0.3, -0.25) is 28.7 Å². The number of imidazole rings is 2. The van der Waals surface area contributed by atoms with E-state index in [4.69, 9.17) is 11.6 Å². The molecule has 216 valence electrons. The zero-order chi connectivity index (χ0) is 30.3. The number of aryl methyl sites for hydroxylation is 4. The van der Waals surface area contributed by atoms with Crippen molar-refractivity contribution < 1.29 is 0 Å². The lowest BCUT2D eigenvalue weighted by molar-refractivity contribution is 0.719. The van der Waals surface area contributed by atoms with E-state index in [1.54, 1.807) is 33.9 Å². The van der Waals surface area contributed by atoms with Crippen LogP contribution in [0.2, 0.25) is 5.15 Å². The second-order valence-corrected chi connectivity index (χ2v) is 10.0. The zero-order valence-corrected chi connectivity index (χ0v) is 24.9. The molecule has 0 aliphatic carbocycles. The molecule has 0 aliphatic heterocycles. The van der Waals surface area contributed by atoms with Crippen LogP contribution in [0, 0.1) is 13.8 Å². The first-order valence-corrected chi connectivity index (χ1v) is 13.6. The topological polar surface area (TPSA) is 219 Å². The minimum atomic E-state index is -0.516. The number of rotatable bonds is 4. The van der Waals surface area contributed by atoms with Crippen LogP contribution in [0.15, 0.2) is 36.2 Å². The van der Waals surface area contributed by atoms with E-state index in [0.29, 0.717) is 57.8 Å². The molecule has 0 bridgehead atoms. The lowest BCUT2D eigenvalue weighted by atomic mass is 10.3. The van der Waals surface area contributed by atoms with Gasteiger partial charge in [0.1, 0.15) is 32.2 Å². The summed E-state index contributed by atoms with van der Waals surface area (Å²) in [5.41, 5.74) is 1.32.